The number of anilines is 1. The molecule has 0 radical (unpaired) electrons. The van der Waals surface area contributed by atoms with E-state index < -0.39 is 10.8 Å². The number of benzene rings is 2. The zero-order valence-electron chi connectivity index (χ0n) is 16.5. The van der Waals surface area contributed by atoms with Gasteiger partial charge in [0.25, 0.3) is 11.6 Å². The van der Waals surface area contributed by atoms with E-state index in [0.29, 0.717) is 18.8 Å². The molecule has 0 bridgehead atoms. The Bertz CT molecular complexity index is 1080. The van der Waals surface area contributed by atoms with Gasteiger partial charge in [0.2, 0.25) is 5.91 Å². The summed E-state index contributed by atoms with van der Waals surface area (Å²) in [5.41, 5.74) is 1.35. The third kappa shape index (κ3) is 4.49. The molecule has 3 rings (SSSR count). The number of nitro groups is 1. The van der Waals surface area contributed by atoms with Crippen LogP contribution < -0.4 is 5.32 Å². The third-order valence-corrected chi connectivity index (χ3v) is 4.55. The molecule has 1 aromatic heterocycles. The molecule has 154 valence electrons. The van der Waals surface area contributed by atoms with Gasteiger partial charge in [0.1, 0.15) is 18.3 Å². The highest BCUT2D eigenvalue weighted by molar-refractivity contribution is 6.05. The average Bonchev–Trinajstić information content (AvgIpc) is 3.27. The lowest BCUT2D eigenvalue weighted by atomic mass is 10.1. The maximum atomic E-state index is 12.8. The molecule has 0 aliphatic rings. The fourth-order valence-electron chi connectivity index (χ4n) is 2.96. The Morgan fingerprint density at radius 2 is 2.00 bits per heavy atom. The highest BCUT2D eigenvalue weighted by Crippen LogP contribution is 2.25. The van der Waals surface area contributed by atoms with Crippen molar-refractivity contribution in [3.05, 3.63) is 76.4 Å². The minimum atomic E-state index is -0.576. The van der Waals surface area contributed by atoms with Gasteiger partial charge in [0, 0.05) is 37.3 Å². The summed E-state index contributed by atoms with van der Waals surface area (Å²) in [6, 6.07) is 11.2. The molecule has 0 aliphatic carbocycles. The van der Waals surface area contributed by atoms with Gasteiger partial charge in [0.15, 0.2) is 0 Å². The minimum absolute atomic E-state index is 0.0713. The van der Waals surface area contributed by atoms with Gasteiger partial charge < -0.3 is 10.2 Å². The summed E-state index contributed by atoms with van der Waals surface area (Å²) in [7, 11) is 0. The van der Waals surface area contributed by atoms with Crippen LogP contribution in [0, 0.1) is 10.1 Å². The summed E-state index contributed by atoms with van der Waals surface area (Å²) < 4.78 is 1.26. The predicted octanol–water partition coefficient (Wildman–Crippen LogP) is 2.80. The number of nitro benzene ring substituents is 1. The molecule has 0 aliphatic heterocycles. The summed E-state index contributed by atoms with van der Waals surface area (Å²) in [5.74, 6) is -0.570. The number of amides is 2. The van der Waals surface area contributed by atoms with E-state index in [1.54, 1.807) is 17.0 Å². The molecule has 1 N–H and O–H groups in total. The van der Waals surface area contributed by atoms with Gasteiger partial charge in [-0.25, -0.2) is 9.67 Å². The van der Waals surface area contributed by atoms with Crippen molar-refractivity contribution in [3.8, 4) is 5.69 Å². The lowest BCUT2D eigenvalue weighted by Crippen LogP contribution is -2.28. The number of rotatable bonds is 7. The molecule has 30 heavy (non-hydrogen) atoms. The SMILES string of the molecule is CCN(Cc1ccccc1NC(=O)c1ccc(-n2cncn2)c([N+](=O)[O-])c1)C(C)=O. The number of hydrogen-bond donors (Lipinski definition) is 1. The average molecular weight is 408 g/mol. The van der Waals surface area contributed by atoms with Crippen molar-refractivity contribution in [2.24, 2.45) is 0 Å². The smallest absolute Gasteiger partial charge is 0.295 e. The second-order valence-electron chi connectivity index (χ2n) is 6.45. The molecule has 0 saturated heterocycles. The van der Waals surface area contributed by atoms with Crippen LogP contribution in [-0.4, -0.2) is 42.9 Å². The second kappa shape index (κ2) is 8.95. The first-order valence-electron chi connectivity index (χ1n) is 9.19. The second-order valence-corrected chi connectivity index (χ2v) is 6.45. The number of carbonyl (C=O) groups is 2. The van der Waals surface area contributed by atoms with Crippen molar-refractivity contribution in [3.63, 3.8) is 0 Å². The Morgan fingerprint density at radius 1 is 1.23 bits per heavy atom. The normalized spacial score (nSPS) is 10.5. The van der Waals surface area contributed by atoms with Crippen LogP contribution in [0.2, 0.25) is 0 Å². The molecule has 0 atom stereocenters. The first-order chi connectivity index (χ1) is 14.4. The topological polar surface area (TPSA) is 123 Å². The maximum Gasteiger partial charge on any atom is 0.295 e. The number of hydrogen-bond acceptors (Lipinski definition) is 6. The molecule has 2 aromatic carbocycles. The Morgan fingerprint density at radius 3 is 2.63 bits per heavy atom. The van der Waals surface area contributed by atoms with Crippen LogP contribution in [0.3, 0.4) is 0 Å². The Balaban J connectivity index is 1.87. The molecule has 10 heteroatoms. The van der Waals surface area contributed by atoms with Crippen LogP contribution in [-0.2, 0) is 11.3 Å². The van der Waals surface area contributed by atoms with Crippen molar-refractivity contribution >= 4 is 23.2 Å². The van der Waals surface area contributed by atoms with Crippen molar-refractivity contribution in [1.29, 1.82) is 0 Å². The minimum Gasteiger partial charge on any atom is -0.339 e. The largest absolute Gasteiger partial charge is 0.339 e. The van der Waals surface area contributed by atoms with Gasteiger partial charge in [-0.2, -0.15) is 5.10 Å². The van der Waals surface area contributed by atoms with E-state index >= 15 is 0 Å². The van der Waals surface area contributed by atoms with Crippen LogP contribution in [0.5, 0.6) is 0 Å². The zero-order valence-corrected chi connectivity index (χ0v) is 16.5. The molecule has 1 heterocycles. The fourth-order valence-corrected chi connectivity index (χ4v) is 2.96. The number of nitrogens with one attached hydrogen (secondary N) is 1. The number of aromatic nitrogens is 3. The van der Waals surface area contributed by atoms with Gasteiger partial charge >= 0.3 is 0 Å². The van der Waals surface area contributed by atoms with Crippen LogP contribution >= 0.6 is 0 Å². The molecule has 2 amide bonds. The van der Waals surface area contributed by atoms with Crippen LogP contribution in [0.4, 0.5) is 11.4 Å². The molecular weight excluding hydrogens is 388 g/mol. The zero-order chi connectivity index (χ0) is 21.7. The number of nitrogens with zero attached hydrogens (tertiary/aromatic N) is 5. The summed E-state index contributed by atoms with van der Waals surface area (Å²) in [4.78, 5) is 40.9. The van der Waals surface area contributed by atoms with Crippen molar-refractivity contribution < 1.29 is 14.5 Å². The quantitative estimate of drug-likeness (QED) is 0.474. The molecular formula is C20H20N6O4. The summed E-state index contributed by atoms with van der Waals surface area (Å²) >= 11 is 0. The van der Waals surface area contributed by atoms with E-state index in [-0.39, 0.29) is 22.8 Å². The summed E-state index contributed by atoms with van der Waals surface area (Å²) in [6.45, 7) is 4.24. The highest BCUT2D eigenvalue weighted by Gasteiger charge is 2.20. The molecule has 10 nitrogen and oxygen atoms in total. The van der Waals surface area contributed by atoms with Gasteiger partial charge in [-0.15, -0.1) is 0 Å². The van der Waals surface area contributed by atoms with E-state index in [1.807, 2.05) is 19.1 Å². The maximum absolute atomic E-state index is 12.8. The van der Waals surface area contributed by atoms with E-state index in [0.717, 1.165) is 5.56 Å². The first-order valence-corrected chi connectivity index (χ1v) is 9.19. The standard InChI is InChI=1S/C20H20N6O4/c1-3-24(14(2)27)11-16-6-4-5-7-17(16)23-20(28)15-8-9-18(19(10-15)26(29)30)25-13-21-12-22-25/h4-10,12-13H,3,11H2,1-2H3,(H,23,28). The van der Waals surface area contributed by atoms with Gasteiger partial charge in [-0.05, 0) is 30.7 Å². The summed E-state index contributed by atoms with van der Waals surface area (Å²) in [6.07, 6.45) is 2.61. The van der Waals surface area contributed by atoms with Crippen LogP contribution in [0.1, 0.15) is 29.8 Å². The molecule has 0 saturated carbocycles. The summed E-state index contributed by atoms with van der Waals surface area (Å²) in [5, 5.41) is 18.2. The first kappa shape index (κ1) is 20.6. The van der Waals surface area contributed by atoms with Gasteiger partial charge in [-0.1, -0.05) is 18.2 Å². The fraction of sp³-hybridized carbons (Fsp3) is 0.200. The molecule has 0 fully saturated rings. The van der Waals surface area contributed by atoms with Gasteiger partial charge in [-0.3, -0.25) is 19.7 Å². The van der Waals surface area contributed by atoms with Crippen molar-refractivity contribution in [2.75, 3.05) is 11.9 Å². The Hall–Kier alpha value is -4.08. The molecule has 3 aromatic rings. The lowest BCUT2D eigenvalue weighted by molar-refractivity contribution is -0.384. The Labute approximate surface area is 172 Å². The lowest BCUT2D eigenvalue weighted by Gasteiger charge is -2.21. The third-order valence-electron chi connectivity index (χ3n) is 4.55. The van der Waals surface area contributed by atoms with E-state index in [9.17, 15) is 19.7 Å². The number of para-hydroxylation sites is 1. The van der Waals surface area contributed by atoms with Crippen molar-refractivity contribution in [2.45, 2.75) is 20.4 Å². The molecule has 0 spiro atoms. The highest BCUT2D eigenvalue weighted by atomic mass is 16.6. The van der Waals surface area contributed by atoms with Crippen molar-refractivity contribution in [1.82, 2.24) is 19.7 Å². The van der Waals surface area contributed by atoms with E-state index in [2.05, 4.69) is 15.4 Å². The predicted molar refractivity (Wildman–Crippen MR) is 109 cm³/mol. The van der Waals surface area contributed by atoms with E-state index in [4.69, 9.17) is 0 Å². The van der Waals surface area contributed by atoms with Crippen LogP contribution in [0.15, 0.2) is 55.1 Å². The van der Waals surface area contributed by atoms with Gasteiger partial charge in [0.05, 0.1) is 4.92 Å². The Kier molecular flexibility index (Phi) is 6.16. The molecule has 0 unspecified atom stereocenters. The van der Waals surface area contributed by atoms with Crippen LogP contribution in [0.25, 0.3) is 5.69 Å². The van der Waals surface area contributed by atoms with E-state index in [1.165, 1.54) is 42.5 Å². The monoisotopic (exact) mass is 408 g/mol. The number of carbonyl (C=O) groups excluding carboxylic acids is 2.